The minimum atomic E-state index is -3.11. The van der Waals surface area contributed by atoms with Crippen molar-refractivity contribution in [2.75, 3.05) is 31.1 Å². The molecule has 8 heteroatoms. The summed E-state index contributed by atoms with van der Waals surface area (Å²) < 4.78 is 22.9. The van der Waals surface area contributed by atoms with E-state index in [-0.39, 0.29) is 31.1 Å². The molecular weight excluding hydrogens is 284 g/mol. The second-order valence-electron chi connectivity index (χ2n) is 5.19. The Morgan fingerprint density at radius 2 is 2.10 bits per heavy atom. The molecule has 1 amide bonds. The van der Waals surface area contributed by atoms with Crippen LogP contribution in [0.3, 0.4) is 0 Å². The fraction of sp³-hybridized carbons (Fsp3) is 0.667. The van der Waals surface area contributed by atoms with Crippen LogP contribution >= 0.6 is 0 Å². The maximum absolute atomic E-state index is 11.9. The number of hydrogen-bond acceptors (Lipinski definition) is 5. The van der Waals surface area contributed by atoms with Crippen LogP contribution in [0.4, 0.5) is 0 Å². The Hall–Kier alpha value is -1.59. The first kappa shape index (κ1) is 16.5. The normalized spacial score (nSPS) is 24.2. The van der Waals surface area contributed by atoms with Gasteiger partial charge in [0, 0.05) is 0 Å². The van der Waals surface area contributed by atoms with E-state index in [1.54, 1.807) is 6.92 Å². The summed E-state index contributed by atoms with van der Waals surface area (Å²) in [6.45, 7) is 1.19. The Morgan fingerprint density at radius 1 is 1.45 bits per heavy atom. The summed E-state index contributed by atoms with van der Waals surface area (Å²) in [6.07, 6.45) is 5.47. The molecule has 0 aliphatic carbocycles. The lowest BCUT2D eigenvalue weighted by Gasteiger charge is -2.26. The molecule has 1 atom stereocenters. The van der Waals surface area contributed by atoms with Gasteiger partial charge in [0.2, 0.25) is 5.91 Å². The van der Waals surface area contributed by atoms with Crippen LogP contribution in [0.15, 0.2) is 0 Å². The summed E-state index contributed by atoms with van der Waals surface area (Å²) in [5, 5.41) is 11.4. The summed E-state index contributed by atoms with van der Waals surface area (Å²) in [5.41, 5.74) is -0.791. The number of nitrogens with zero attached hydrogens (tertiary/aromatic N) is 1. The van der Waals surface area contributed by atoms with Crippen molar-refractivity contribution in [3.05, 3.63) is 0 Å². The Labute approximate surface area is 118 Å². The summed E-state index contributed by atoms with van der Waals surface area (Å²) in [6, 6.07) is 0. The van der Waals surface area contributed by atoms with Gasteiger partial charge < -0.3 is 10.4 Å². The number of terminal acetylenes is 1. The second-order valence-corrected chi connectivity index (χ2v) is 7.38. The molecule has 20 heavy (non-hydrogen) atoms. The summed E-state index contributed by atoms with van der Waals surface area (Å²) in [7, 11) is -3.11. The number of amides is 1. The van der Waals surface area contributed by atoms with E-state index in [1.165, 1.54) is 4.90 Å². The van der Waals surface area contributed by atoms with Gasteiger partial charge in [-0.05, 0) is 13.3 Å². The first-order valence-electron chi connectivity index (χ1n) is 6.05. The molecule has 0 radical (unpaired) electrons. The van der Waals surface area contributed by atoms with E-state index in [9.17, 15) is 18.0 Å². The van der Waals surface area contributed by atoms with Gasteiger partial charge >= 0.3 is 5.97 Å². The van der Waals surface area contributed by atoms with Crippen molar-refractivity contribution in [2.45, 2.75) is 18.9 Å². The second kappa shape index (κ2) is 6.24. The van der Waals surface area contributed by atoms with Crippen LogP contribution in [0, 0.1) is 12.3 Å². The van der Waals surface area contributed by atoms with E-state index in [1.807, 2.05) is 0 Å². The maximum atomic E-state index is 11.9. The van der Waals surface area contributed by atoms with E-state index in [0.29, 0.717) is 6.42 Å². The summed E-state index contributed by atoms with van der Waals surface area (Å²) in [5.74, 6) is 0.722. The number of aliphatic carboxylic acids is 1. The van der Waals surface area contributed by atoms with Crippen LogP contribution in [0.2, 0.25) is 0 Å². The fourth-order valence-electron chi connectivity index (χ4n) is 2.18. The molecular formula is C12H18N2O5S. The molecule has 1 saturated heterocycles. The molecule has 0 aromatic carbocycles. The van der Waals surface area contributed by atoms with Crippen LogP contribution in [0.1, 0.15) is 13.3 Å². The number of sulfone groups is 1. The molecule has 0 bridgehead atoms. The van der Waals surface area contributed by atoms with Gasteiger partial charge in [0.05, 0.1) is 36.7 Å². The van der Waals surface area contributed by atoms with Gasteiger partial charge in [0.1, 0.15) is 0 Å². The molecule has 0 aromatic rings. The van der Waals surface area contributed by atoms with Crippen molar-refractivity contribution in [1.29, 1.82) is 0 Å². The van der Waals surface area contributed by atoms with Crippen molar-refractivity contribution in [1.82, 2.24) is 10.2 Å². The van der Waals surface area contributed by atoms with Gasteiger partial charge in [-0.25, -0.2) is 8.42 Å². The summed E-state index contributed by atoms with van der Waals surface area (Å²) >= 11 is 0. The standard InChI is InChI=1S/C12H18N2O5S/c1-3-5-14(8-11(16)17)7-10(15)13-12(2)4-6-20(18,19)9-12/h1H,4-9H2,2H3,(H,13,15)(H,16,17). The Balaban J connectivity index is 2.58. The van der Waals surface area contributed by atoms with Crippen molar-refractivity contribution in [2.24, 2.45) is 0 Å². The average Bonchev–Trinajstić information content (AvgIpc) is 2.51. The molecule has 1 aliphatic rings. The van der Waals surface area contributed by atoms with E-state index >= 15 is 0 Å². The third-order valence-electron chi connectivity index (χ3n) is 2.99. The van der Waals surface area contributed by atoms with E-state index < -0.39 is 27.3 Å². The molecule has 7 nitrogen and oxygen atoms in total. The number of carboxylic acids is 1. The van der Waals surface area contributed by atoms with E-state index in [0.717, 1.165) is 0 Å². The van der Waals surface area contributed by atoms with Gasteiger partial charge in [0.25, 0.3) is 0 Å². The largest absolute Gasteiger partial charge is 0.480 e. The lowest BCUT2D eigenvalue weighted by molar-refractivity contribution is -0.138. The number of hydrogen-bond donors (Lipinski definition) is 2. The van der Waals surface area contributed by atoms with Crippen LogP contribution in [0.5, 0.6) is 0 Å². The minimum Gasteiger partial charge on any atom is -0.480 e. The predicted molar refractivity (Wildman–Crippen MR) is 72.7 cm³/mol. The first-order chi connectivity index (χ1) is 9.16. The SMILES string of the molecule is C#CCN(CC(=O)O)CC(=O)NC1(C)CCS(=O)(=O)C1. The number of nitrogens with one attached hydrogen (secondary N) is 1. The molecule has 1 aliphatic heterocycles. The van der Waals surface area contributed by atoms with Crippen LogP contribution < -0.4 is 5.32 Å². The zero-order chi connectivity index (χ0) is 15.4. The molecule has 0 saturated carbocycles. The molecule has 112 valence electrons. The summed E-state index contributed by atoms with van der Waals surface area (Å²) in [4.78, 5) is 23.8. The lowest BCUT2D eigenvalue weighted by Crippen LogP contribution is -2.50. The van der Waals surface area contributed by atoms with Crippen molar-refractivity contribution in [3.8, 4) is 12.3 Å². The van der Waals surface area contributed by atoms with Gasteiger partial charge in [-0.3, -0.25) is 14.5 Å². The van der Waals surface area contributed by atoms with Crippen molar-refractivity contribution in [3.63, 3.8) is 0 Å². The molecule has 1 unspecified atom stereocenters. The topological polar surface area (TPSA) is 104 Å². The Kier molecular flexibility index (Phi) is 5.14. The zero-order valence-corrected chi connectivity index (χ0v) is 12.1. The van der Waals surface area contributed by atoms with Crippen LogP contribution in [0.25, 0.3) is 0 Å². The van der Waals surface area contributed by atoms with Gasteiger partial charge in [-0.2, -0.15) is 0 Å². The lowest BCUT2D eigenvalue weighted by atomic mass is 10.0. The molecule has 2 N–H and O–H groups in total. The fourth-order valence-corrected chi connectivity index (χ4v) is 4.27. The molecule has 1 rings (SSSR count). The maximum Gasteiger partial charge on any atom is 0.317 e. The Morgan fingerprint density at radius 3 is 2.55 bits per heavy atom. The first-order valence-corrected chi connectivity index (χ1v) is 7.87. The highest BCUT2D eigenvalue weighted by Crippen LogP contribution is 2.22. The minimum absolute atomic E-state index is 0.0364. The highest BCUT2D eigenvalue weighted by molar-refractivity contribution is 7.91. The average molecular weight is 302 g/mol. The number of carbonyl (C=O) groups excluding carboxylic acids is 1. The number of carbonyl (C=O) groups is 2. The predicted octanol–water partition coefficient (Wildman–Crippen LogP) is -1.30. The van der Waals surface area contributed by atoms with Crippen molar-refractivity contribution < 1.29 is 23.1 Å². The third-order valence-corrected chi connectivity index (χ3v) is 4.89. The molecule has 0 spiro atoms. The van der Waals surface area contributed by atoms with Gasteiger partial charge in [-0.15, -0.1) is 6.42 Å². The molecule has 1 heterocycles. The number of carboxylic acid groups (broad SMARTS) is 1. The number of rotatable bonds is 6. The quantitative estimate of drug-likeness (QED) is 0.591. The monoisotopic (exact) mass is 302 g/mol. The van der Waals surface area contributed by atoms with Gasteiger partial charge in [0.15, 0.2) is 9.84 Å². The molecule has 1 fully saturated rings. The smallest absolute Gasteiger partial charge is 0.317 e. The van der Waals surface area contributed by atoms with Crippen molar-refractivity contribution >= 4 is 21.7 Å². The van der Waals surface area contributed by atoms with Gasteiger partial charge in [-0.1, -0.05) is 5.92 Å². The highest BCUT2D eigenvalue weighted by atomic mass is 32.2. The Bertz CT molecular complexity index is 537. The third kappa shape index (κ3) is 5.19. The molecule has 0 aromatic heterocycles. The van der Waals surface area contributed by atoms with E-state index in [4.69, 9.17) is 11.5 Å². The van der Waals surface area contributed by atoms with E-state index in [2.05, 4.69) is 11.2 Å². The van der Waals surface area contributed by atoms with Crippen LogP contribution in [-0.2, 0) is 19.4 Å². The zero-order valence-electron chi connectivity index (χ0n) is 11.3. The van der Waals surface area contributed by atoms with Crippen LogP contribution in [-0.4, -0.2) is 67.0 Å². The highest BCUT2D eigenvalue weighted by Gasteiger charge is 2.39.